The van der Waals surface area contributed by atoms with Crippen molar-refractivity contribution < 1.29 is 9.47 Å². The highest BCUT2D eigenvalue weighted by atomic mass is 16.5. The minimum atomic E-state index is 0.222. The van der Waals surface area contributed by atoms with Crippen LogP contribution < -0.4 is 9.47 Å². The fourth-order valence-corrected chi connectivity index (χ4v) is 1.63. The molecule has 0 spiro atoms. The summed E-state index contributed by atoms with van der Waals surface area (Å²) >= 11 is 0. The molecule has 1 aromatic rings. The van der Waals surface area contributed by atoms with E-state index >= 15 is 0 Å². The van der Waals surface area contributed by atoms with E-state index in [-0.39, 0.29) is 6.10 Å². The first-order valence-corrected chi connectivity index (χ1v) is 6.08. The van der Waals surface area contributed by atoms with E-state index in [0.29, 0.717) is 0 Å². The summed E-state index contributed by atoms with van der Waals surface area (Å²) in [7, 11) is 0. The normalized spacial score (nSPS) is 12.4. The fraction of sp³-hybridized carbons (Fsp3) is 0.615. The molecule has 0 aliphatic heterocycles. The molecule has 0 bridgehead atoms. The molecular weight excluding hydrogens is 202 g/mol. The lowest BCUT2D eigenvalue weighted by atomic mass is 10.1. The maximum Gasteiger partial charge on any atom is 0.184 e. The average Bonchev–Trinajstić information content (AvgIpc) is 2.28. The van der Waals surface area contributed by atoms with E-state index in [0.717, 1.165) is 16.9 Å². The molecule has 16 heavy (non-hydrogen) atoms. The Morgan fingerprint density at radius 3 is 2.56 bits per heavy atom. The van der Waals surface area contributed by atoms with Gasteiger partial charge in [0.15, 0.2) is 12.4 Å². The number of ether oxygens (including phenoxy) is 1. The van der Waals surface area contributed by atoms with Crippen LogP contribution in [0.25, 0.3) is 0 Å². The Morgan fingerprint density at radius 2 is 1.94 bits per heavy atom. The summed E-state index contributed by atoms with van der Waals surface area (Å²) in [5, 5.41) is 10.8. The summed E-state index contributed by atoms with van der Waals surface area (Å²) in [6.07, 6.45) is 9.26. The molecule has 0 aromatic carbocycles. The maximum atomic E-state index is 10.8. The highest BCUT2D eigenvalue weighted by Crippen LogP contribution is 2.13. The van der Waals surface area contributed by atoms with Crippen LogP contribution in [-0.4, -0.2) is 6.10 Å². The van der Waals surface area contributed by atoms with Crippen LogP contribution in [0.1, 0.15) is 46.0 Å². The van der Waals surface area contributed by atoms with Crippen LogP contribution in [0.5, 0.6) is 5.75 Å². The largest absolute Gasteiger partial charge is 0.619 e. The highest BCUT2D eigenvalue weighted by Gasteiger charge is 2.04. The maximum absolute atomic E-state index is 10.8. The minimum Gasteiger partial charge on any atom is -0.619 e. The number of hydrogen-bond donors (Lipinski definition) is 0. The second-order valence-corrected chi connectivity index (χ2v) is 4.17. The third-order valence-electron chi connectivity index (χ3n) is 2.57. The van der Waals surface area contributed by atoms with Gasteiger partial charge in [-0.25, -0.2) is 0 Å². The zero-order valence-electron chi connectivity index (χ0n) is 10.2. The molecule has 3 heteroatoms. The zero-order valence-corrected chi connectivity index (χ0v) is 10.2. The molecular formula is C13H21NO2. The van der Waals surface area contributed by atoms with E-state index in [1.54, 1.807) is 12.1 Å². The first kappa shape index (κ1) is 12.8. The fourth-order valence-electron chi connectivity index (χ4n) is 1.63. The van der Waals surface area contributed by atoms with Crippen molar-refractivity contribution in [2.75, 3.05) is 0 Å². The Hall–Kier alpha value is -1.25. The lowest BCUT2D eigenvalue weighted by molar-refractivity contribution is -0.605. The van der Waals surface area contributed by atoms with E-state index in [9.17, 15) is 5.21 Å². The molecule has 3 nitrogen and oxygen atoms in total. The minimum absolute atomic E-state index is 0.222. The van der Waals surface area contributed by atoms with Gasteiger partial charge < -0.3 is 9.94 Å². The molecule has 0 amide bonds. The van der Waals surface area contributed by atoms with Crippen molar-refractivity contribution in [2.24, 2.45) is 0 Å². The number of pyridine rings is 1. The summed E-state index contributed by atoms with van der Waals surface area (Å²) in [6, 6.07) is 3.41. The first-order valence-electron chi connectivity index (χ1n) is 6.08. The van der Waals surface area contributed by atoms with Crippen LogP contribution in [0.3, 0.4) is 0 Å². The SMILES string of the molecule is CCCCCCC(C)Oc1cc[n+]([O-])cc1. The van der Waals surface area contributed by atoms with Crippen molar-refractivity contribution in [3.8, 4) is 5.75 Å². The molecule has 1 unspecified atom stereocenters. The van der Waals surface area contributed by atoms with Crippen LogP contribution in [0.15, 0.2) is 24.5 Å². The Labute approximate surface area is 97.6 Å². The van der Waals surface area contributed by atoms with Gasteiger partial charge in [-0.1, -0.05) is 26.2 Å². The third-order valence-corrected chi connectivity index (χ3v) is 2.57. The van der Waals surface area contributed by atoms with Gasteiger partial charge >= 0.3 is 0 Å². The van der Waals surface area contributed by atoms with Crippen molar-refractivity contribution in [1.82, 2.24) is 0 Å². The number of nitrogens with zero attached hydrogens (tertiary/aromatic N) is 1. The smallest absolute Gasteiger partial charge is 0.184 e. The molecule has 1 rings (SSSR count). The summed E-state index contributed by atoms with van der Waals surface area (Å²) in [5.41, 5.74) is 0. The number of unbranched alkanes of at least 4 members (excludes halogenated alkanes) is 3. The molecule has 0 saturated carbocycles. The van der Waals surface area contributed by atoms with Crippen molar-refractivity contribution in [2.45, 2.75) is 52.1 Å². The standard InChI is InChI=1S/C13H21NO2/c1-3-4-5-6-7-12(2)16-13-8-10-14(15)11-9-13/h8-12H,3-7H2,1-2H3. The molecule has 0 radical (unpaired) electrons. The van der Waals surface area contributed by atoms with Crippen LogP contribution in [0.2, 0.25) is 0 Å². The summed E-state index contributed by atoms with van der Waals surface area (Å²) in [6.45, 7) is 4.28. The van der Waals surface area contributed by atoms with Gasteiger partial charge in [0.1, 0.15) is 5.75 Å². The lowest BCUT2D eigenvalue weighted by Crippen LogP contribution is -2.23. The van der Waals surface area contributed by atoms with Crippen molar-refractivity contribution in [3.05, 3.63) is 29.7 Å². The second-order valence-electron chi connectivity index (χ2n) is 4.17. The molecule has 1 aromatic heterocycles. The zero-order chi connectivity index (χ0) is 11.8. The number of aromatic nitrogens is 1. The molecule has 0 saturated heterocycles. The first-order chi connectivity index (χ1) is 7.72. The quantitative estimate of drug-likeness (QED) is 0.404. The van der Waals surface area contributed by atoms with Crippen molar-refractivity contribution in [3.63, 3.8) is 0 Å². The molecule has 0 fully saturated rings. The topological polar surface area (TPSA) is 36.2 Å². The second kappa shape index (κ2) is 7.09. The van der Waals surface area contributed by atoms with Crippen molar-refractivity contribution in [1.29, 1.82) is 0 Å². The van der Waals surface area contributed by atoms with Gasteiger partial charge in [0.25, 0.3) is 0 Å². The van der Waals surface area contributed by atoms with E-state index in [1.165, 1.54) is 38.1 Å². The van der Waals surface area contributed by atoms with E-state index in [4.69, 9.17) is 4.74 Å². The number of hydrogen-bond acceptors (Lipinski definition) is 2. The van der Waals surface area contributed by atoms with Gasteiger partial charge in [-0.15, -0.1) is 0 Å². The van der Waals surface area contributed by atoms with Crippen LogP contribution in [-0.2, 0) is 0 Å². The van der Waals surface area contributed by atoms with Crippen LogP contribution in [0, 0.1) is 5.21 Å². The Bertz CT molecular complexity index is 284. The van der Waals surface area contributed by atoms with Crippen LogP contribution in [0.4, 0.5) is 0 Å². The van der Waals surface area contributed by atoms with Crippen LogP contribution >= 0.6 is 0 Å². The van der Waals surface area contributed by atoms with Gasteiger partial charge in [-0.2, -0.15) is 4.73 Å². The van der Waals surface area contributed by atoms with E-state index in [1.807, 2.05) is 0 Å². The Kier molecular flexibility index (Phi) is 5.68. The summed E-state index contributed by atoms with van der Waals surface area (Å²) < 4.78 is 6.46. The molecule has 1 heterocycles. The Morgan fingerprint density at radius 1 is 1.25 bits per heavy atom. The average molecular weight is 223 g/mol. The lowest BCUT2D eigenvalue weighted by Gasteiger charge is -2.13. The number of rotatable bonds is 7. The van der Waals surface area contributed by atoms with E-state index < -0.39 is 0 Å². The molecule has 1 atom stereocenters. The van der Waals surface area contributed by atoms with E-state index in [2.05, 4.69) is 13.8 Å². The predicted molar refractivity (Wildman–Crippen MR) is 64.3 cm³/mol. The van der Waals surface area contributed by atoms with Crippen molar-refractivity contribution >= 4 is 0 Å². The van der Waals surface area contributed by atoms with Gasteiger partial charge in [0.05, 0.1) is 6.10 Å². The van der Waals surface area contributed by atoms with Gasteiger partial charge in [0.2, 0.25) is 0 Å². The molecule has 90 valence electrons. The van der Waals surface area contributed by atoms with Gasteiger partial charge in [-0.05, 0) is 19.8 Å². The molecule has 0 aliphatic carbocycles. The monoisotopic (exact) mass is 223 g/mol. The van der Waals surface area contributed by atoms with Gasteiger partial charge in [0, 0.05) is 12.1 Å². The van der Waals surface area contributed by atoms with Gasteiger partial charge in [-0.3, -0.25) is 0 Å². The third kappa shape index (κ3) is 5.01. The molecule has 0 N–H and O–H groups in total. The summed E-state index contributed by atoms with van der Waals surface area (Å²) in [5.74, 6) is 0.773. The molecule has 0 aliphatic rings. The Balaban J connectivity index is 2.23. The highest BCUT2D eigenvalue weighted by molar-refractivity contribution is 5.15. The summed E-state index contributed by atoms with van der Waals surface area (Å²) in [4.78, 5) is 0. The predicted octanol–water partition coefficient (Wildman–Crippen LogP) is 3.06.